The highest BCUT2D eigenvalue weighted by Crippen LogP contribution is 2.23. The number of para-hydroxylation sites is 1. The van der Waals surface area contributed by atoms with E-state index in [2.05, 4.69) is 10.1 Å². The van der Waals surface area contributed by atoms with E-state index >= 15 is 0 Å². The van der Waals surface area contributed by atoms with Gasteiger partial charge in [0.15, 0.2) is 0 Å². The highest BCUT2D eigenvalue weighted by atomic mass is 32.2. The Kier molecular flexibility index (Phi) is 6.74. The molecule has 1 atom stereocenters. The molecule has 0 aliphatic carbocycles. The van der Waals surface area contributed by atoms with Crippen LogP contribution >= 0.6 is 0 Å². The molecule has 1 amide bonds. The minimum Gasteiger partial charge on any atom is -0.337 e. The molecule has 0 N–H and O–H groups in total. The topological polar surface area (TPSA) is 96.6 Å². The lowest BCUT2D eigenvalue weighted by Crippen LogP contribution is -2.49. The van der Waals surface area contributed by atoms with Crippen molar-refractivity contribution in [1.29, 1.82) is 0 Å². The third-order valence-corrected chi connectivity index (χ3v) is 6.00. The Hall–Kier alpha value is -3.20. The molecule has 1 heterocycles. The first-order valence-corrected chi connectivity index (χ1v) is 11.7. The predicted octanol–water partition coefficient (Wildman–Crippen LogP) is 3.25. The predicted molar refractivity (Wildman–Crippen MR) is 119 cm³/mol. The number of carbonyl (C=O) groups is 1. The van der Waals surface area contributed by atoms with E-state index in [1.807, 2.05) is 31.2 Å². The molecule has 0 saturated carbocycles. The summed E-state index contributed by atoms with van der Waals surface area (Å²) < 4.78 is 31.5. The monoisotopic (exact) mass is 442 g/mol. The molecule has 9 heteroatoms. The number of benzene rings is 2. The van der Waals surface area contributed by atoms with Crippen molar-refractivity contribution in [2.45, 2.75) is 32.9 Å². The van der Waals surface area contributed by atoms with E-state index in [4.69, 9.17) is 4.52 Å². The maximum absolute atomic E-state index is 13.2. The Labute approximate surface area is 182 Å². The van der Waals surface area contributed by atoms with Crippen LogP contribution in [0.1, 0.15) is 24.8 Å². The summed E-state index contributed by atoms with van der Waals surface area (Å²) in [5.74, 6) is 0.355. The summed E-state index contributed by atoms with van der Waals surface area (Å²) in [4.78, 5) is 19.0. The number of nitrogens with zero attached hydrogens (tertiary/aromatic N) is 4. The largest absolute Gasteiger partial charge is 0.337 e. The van der Waals surface area contributed by atoms with E-state index in [-0.39, 0.29) is 18.3 Å². The average molecular weight is 443 g/mol. The molecule has 3 rings (SSSR count). The Bertz CT molecular complexity index is 1150. The van der Waals surface area contributed by atoms with Crippen molar-refractivity contribution in [2.24, 2.45) is 0 Å². The van der Waals surface area contributed by atoms with Crippen molar-refractivity contribution in [3.05, 3.63) is 66.1 Å². The van der Waals surface area contributed by atoms with Gasteiger partial charge in [-0.15, -0.1) is 0 Å². The number of aromatic nitrogens is 2. The fourth-order valence-corrected chi connectivity index (χ4v) is 4.58. The maximum Gasteiger partial charge on any atom is 0.246 e. The quantitative estimate of drug-likeness (QED) is 0.531. The van der Waals surface area contributed by atoms with Gasteiger partial charge in [-0.3, -0.25) is 9.10 Å². The summed E-state index contributed by atoms with van der Waals surface area (Å²) in [5, 5.41) is 4.00. The molecular weight excluding hydrogens is 416 g/mol. The zero-order chi connectivity index (χ0) is 22.6. The first-order chi connectivity index (χ1) is 14.7. The van der Waals surface area contributed by atoms with E-state index in [9.17, 15) is 13.2 Å². The van der Waals surface area contributed by atoms with Crippen LogP contribution in [0.25, 0.3) is 11.4 Å². The lowest BCUT2D eigenvalue weighted by Gasteiger charge is -2.32. The Balaban J connectivity index is 1.81. The van der Waals surface area contributed by atoms with Gasteiger partial charge in [0.1, 0.15) is 6.04 Å². The van der Waals surface area contributed by atoms with Crippen molar-refractivity contribution in [3.8, 4) is 11.4 Å². The van der Waals surface area contributed by atoms with Crippen LogP contribution in [0.2, 0.25) is 0 Å². The van der Waals surface area contributed by atoms with Gasteiger partial charge in [-0.2, -0.15) is 4.98 Å². The first kappa shape index (κ1) is 22.5. The summed E-state index contributed by atoms with van der Waals surface area (Å²) in [7, 11) is -2.09. The molecule has 3 aromatic rings. The number of amides is 1. The lowest BCUT2D eigenvalue weighted by atomic mass is 10.1. The van der Waals surface area contributed by atoms with Crippen LogP contribution < -0.4 is 4.31 Å². The number of sulfonamides is 1. The second-order valence-electron chi connectivity index (χ2n) is 7.39. The molecule has 1 aromatic heterocycles. The molecule has 164 valence electrons. The number of likely N-dealkylation sites (N-methyl/N-ethyl adjacent to an activating group) is 1. The number of rotatable bonds is 8. The molecule has 31 heavy (non-hydrogen) atoms. The summed E-state index contributed by atoms with van der Waals surface area (Å²) in [6.07, 6.45) is 1.41. The van der Waals surface area contributed by atoms with Crippen LogP contribution in [-0.2, 0) is 21.4 Å². The zero-order valence-corrected chi connectivity index (χ0v) is 18.8. The summed E-state index contributed by atoms with van der Waals surface area (Å²) in [5.41, 5.74) is 2.34. The fourth-order valence-electron chi connectivity index (χ4n) is 3.37. The van der Waals surface area contributed by atoms with Gasteiger partial charge in [0.05, 0.1) is 18.5 Å². The smallest absolute Gasteiger partial charge is 0.246 e. The lowest BCUT2D eigenvalue weighted by molar-refractivity contribution is -0.132. The molecular formula is C22H26N4O4S. The Morgan fingerprint density at radius 3 is 2.45 bits per heavy atom. The normalized spacial score (nSPS) is 12.4. The SMILES string of the molecule is CC[C@H](C(=O)N(C)Cc1nc(-c2cccc(C)c2)no1)N(c1ccccc1)S(C)(=O)=O. The van der Waals surface area contributed by atoms with E-state index < -0.39 is 16.1 Å². The second kappa shape index (κ2) is 9.30. The zero-order valence-electron chi connectivity index (χ0n) is 18.0. The molecule has 2 aromatic carbocycles. The van der Waals surface area contributed by atoms with Crippen LogP contribution in [0.4, 0.5) is 5.69 Å². The first-order valence-electron chi connectivity index (χ1n) is 9.89. The van der Waals surface area contributed by atoms with Crippen LogP contribution in [0, 0.1) is 6.92 Å². The Morgan fingerprint density at radius 2 is 1.84 bits per heavy atom. The van der Waals surface area contributed by atoms with Gasteiger partial charge in [-0.25, -0.2) is 8.42 Å². The van der Waals surface area contributed by atoms with E-state index in [0.29, 0.717) is 17.9 Å². The molecule has 0 bridgehead atoms. The highest BCUT2D eigenvalue weighted by Gasteiger charge is 2.33. The van der Waals surface area contributed by atoms with E-state index in [1.165, 1.54) is 4.90 Å². The number of aryl methyl sites for hydroxylation is 1. The molecule has 0 unspecified atom stereocenters. The number of anilines is 1. The van der Waals surface area contributed by atoms with Crippen molar-refractivity contribution in [2.75, 3.05) is 17.6 Å². The molecule has 8 nitrogen and oxygen atoms in total. The van der Waals surface area contributed by atoms with Crippen molar-refractivity contribution in [1.82, 2.24) is 15.0 Å². The van der Waals surface area contributed by atoms with E-state index in [0.717, 1.165) is 21.7 Å². The minimum absolute atomic E-state index is 0.0700. The van der Waals surface area contributed by atoms with Gasteiger partial charge in [0, 0.05) is 12.6 Å². The van der Waals surface area contributed by atoms with Gasteiger partial charge in [0.25, 0.3) is 0 Å². The van der Waals surface area contributed by atoms with Crippen LogP contribution in [0.5, 0.6) is 0 Å². The van der Waals surface area contributed by atoms with Gasteiger partial charge < -0.3 is 9.42 Å². The van der Waals surface area contributed by atoms with Crippen LogP contribution in [-0.4, -0.2) is 48.7 Å². The standard InChI is InChI=1S/C22H26N4O4S/c1-5-19(26(31(4,28)29)18-12-7-6-8-13-18)22(27)25(3)15-20-23-21(24-30-20)17-11-9-10-16(2)14-17/h6-14,19H,5,15H2,1-4H3/t19-/m1/s1. The molecule has 0 spiro atoms. The summed E-state index contributed by atoms with van der Waals surface area (Å²) in [6.45, 7) is 3.82. The van der Waals surface area contributed by atoms with E-state index in [1.54, 1.807) is 44.3 Å². The Morgan fingerprint density at radius 1 is 1.13 bits per heavy atom. The van der Waals surface area contributed by atoms with Crippen molar-refractivity contribution >= 4 is 21.6 Å². The highest BCUT2D eigenvalue weighted by molar-refractivity contribution is 7.92. The molecule has 0 radical (unpaired) electrons. The van der Waals surface area contributed by atoms with Gasteiger partial charge in [-0.1, -0.05) is 54.0 Å². The number of carbonyl (C=O) groups excluding carboxylic acids is 1. The minimum atomic E-state index is -3.68. The molecule has 0 aliphatic rings. The average Bonchev–Trinajstić information content (AvgIpc) is 3.19. The van der Waals surface area contributed by atoms with Gasteiger partial charge in [0.2, 0.25) is 27.6 Å². The summed E-state index contributed by atoms with van der Waals surface area (Å²) >= 11 is 0. The van der Waals surface area contributed by atoms with Crippen molar-refractivity contribution < 1.29 is 17.7 Å². The maximum atomic E-state index is 13.2. The third kappa shape index (κ3) is 5.29. The fraction of sp³-hybridized carbons (Fsp3) is 0.318. The van der Waals surface area contributed by atoms with Crippen LogP contribution in [0.3, 0.4) is 0 Å². The van der Waals surface area contributed by atoms with Crippen molar-refractivity contribution in [3.63, 3.8) is 0 Å². The molecule has 0 fully saturated rings. The molecule has 0 aliphatic heterocycles. The number of hydrogen-bond acceptors (Lipinski definition) is 6. The third-order valence-electron chi connectivity index (χ3n) is 4.82. The molecule has 0 saturated heterocycles. The second-order valence-corrected chi connectivity index (χ2v) is 9.25. The van der Waals surface area contributed by atoms with Gasteiger partial charge >= 0.3 is 0 Å². The van der Waals surface area contributed by atoms with Crippen LogP contribution in [0.15, 0.2) is 59.1 Å². The van der Waals surface area contributed by atoms with Gasteiger partial charge in [-0.05, 0) is 31.5 Å². The summed E-state index contributed by atoms with van der Waals surface area (Å²) in [6, 6.07) is 15.4. The number of hydrogen-bond donors (Lipinski definition) is 0.